The van der Waals surface area contributed by atoms with E-state index in [1.165, 1.54) is 0 Å². The Morgan fingerprint density at radius 2 is 2.23 bits per heavy atom. The molecule has 0 aliphatic rings. The molecule has 72 valence electrons. The fourth-order valence-electron chi connectivity index (χ4n) is 1.15. The molecule has 0 radical (unpaired) electrons. The lowest BCUT2D eigenvalue weighted by Crippen LogP contribution is -2.18. The zero-order valence-electron chi connectivity index (χ0n) is 7.57. The summed E-state index contributed by atoms with van der Waals surface area (Å²) in [5, 5.41) is 9.81. The van der Waals surface area contributed by atoms with Crippen molar-refractivity contribution in [2.75, 3.05) is 6.54 Å². The van der Waals surface area contributed by atoms with E-state index in [0.29, 0.717) is 6.54 Å². The molecule has 3 N–H and O–H groups in total. The van der Waals surface area contributed by atoms with Crippen molar-refractivity contribution < 1.29 is 5.11 Å². The molecule has 0 bridgehead atoms. The summed E-state index contributed by atoms with van der Waals surface area (Å²) in [6.07, 6.45) is -0.470. The van der Waals surface area contributed by atoms with Gasteiger partial charge in [-0.3, -0.25) is 0 Å². The van der Waals surface area contributed by atoms with Gasteiger partial charge in [-0.1, -0.05) is 35.0 Å². The molecule has 0 amide bonds. The molecule has 1 aromatic carbocycles. The number of hydrogen-bond donors (Lipinski definition) is 2. The maximum atomic E-state index is 9.81. The molecule has 0 fully saturated rings. The molecule has 2 atom stereocenters. The van der Waals surface area contributed by atoms with Crippen molar-refractivity contribution in [3.8, 4) is 0 Å². The Hall–Kier alpha value is -0.380. The quantitative estimate of drug-likeness (QED) is 0.855. The van der Waals surface area contributed by atoms with Crippen molar-refractivity contribution in [1.29, 1.82) is 0 Å². The zero-order chi connectivity index (χ0) is 9.84. The predicted molar refractivity (Wildman–Crippen MR) is 57.3 cm³/mol. The normalized spacial score (nSPS) is 15.4. The number of benzene rings is 1. The summed E-state index contributed by atoms with van der Waals surface area (Å²) >= 11 is 3.36. The van der Waals surface area contributed by atoms with Gasteiger partial charge in [0, 0.05) is 4.47 Å². The second kappa shape index (κ2) is 4.74. The van der Waals surface area contributed by atoms with Gasteiger partial charge in [0.25, 0.3) is 0 Å². The fourth-order valence-corrected chi connectivity index (χ4v) is 1.56. The van der Waals surface area contributed by atoms with E-state index < -0.39 is 6.10 Å². The Morgan fingerprint density at radius 1 is 1.54 bits per heavy atom. The molecule has 0 heterocycles. The van der Waals surface area contributed by atoms with Crippen LogP contribution < -0.4 is 5.73 Å². The largest absolute Gasteiger partial charge is 0.388 e. The molecule has 0 unspecified atom stereocenters. The standard InChI is InChI=1S/C10H14BrNO/c1-7(6-12)10(13)8-3-2-4-9(11)5-8/h2-5,7,10,13H,6,12H2,1H3/t7-,10-/m1/s1. The molecule has 0 saturated carbocycles. The Balaban J connectivity index is 2.82. The zero-order valence-corrected chi connectivity index (χ0v) is 9.16. The number of rotatable bonds is 3. The number of halogens is 1. The minimum absolute atomic E-state index is 0.0919. The van der Waals surface area contributed by atoms with Crippen LogP contribution in [0.2, 0.25) is 0 Å². The smallest absolute Gasteiger partial charge is 0.0827 e. The van der Waals surface area contributed by atoms with Crippen LogP contribution in [-0.2, 0) is 0 Å². The van der Waals surface area contributed by atoms with Crippen LogP contribution in [0.4, 0.5) is 0 Å². The first-order chi connectivity index (χ1) is 6.15. The first-order valence-electron chi connectivity index (χ1n) is 4.28. The topological polar surface area (TPSA) is 46.2 Å². The lowest BCUT2D eigenvalue weighted by molar-refractivity contribution is 0.121. The summed E-state index contributed by atoms with van der Waals surface area (Å²) in [7, 11) is 0. The van der Waals surface area contributed by atoms with Gasteiger partial charge in [-0.2, -0.15) is 0 Å². The Kier molecular flexibility index (Phi) is 3.90. The highest BCUT2D eigenvalue weighted by Crippen LogP contribution is 2.23. The van der Waals surface area contributed by atoms with Crippen LogP contribution in [0, 0.1) is 5.92 Å². The second-order valence-corrected chi connectivity index (χ2v) is 4.13. The Labute approximate surface area is 86.9 Å². The summed E-state index contributed by atoms with van der Waals surface area (Å²) < 4.78 is 0.980. The third-order valence-corrected chi connectivity index (χ3v) is 2.59. The van der Waals surface area contributed by atoms with Crippen molar-refractivity contribution in [2.24, 2.45) is 11.7 Å². The second-order valence-electron chi connectivity index (χ2n) is 3.21. The van der Waals surface area contributed by atoms with Crippen LogP contribution in [-0.4, -0.2) is 11.7 Å². The summed E-state index contributed by atoms with van der Waals surface area (Å²) in [5.74, 6) is 0.0919. The monoisotopic (exact) mass is 243 g/mol. The van der Waals surface area contributed by atoms with E-state index in [-0.39, 0.29) is 5.92 Å². The Morgan fingerprint density at radius 3 is 2.77 bits per heavy atom. The van der Waals surface area contributed by atoms with Crippen molar-refractivity contribution in [2.45, 2.75) is 13.0 Å². The SMILES string of the molecule is C[C@H](CN)[C@@H](O)c1cccc(Br)c1. The third-order valence-electron chi connectivity index (χ3n) is 2.10. The molecule has 0 spiro atoms. The van der Waals surface area contributed by atoms with Gasteiger partial charge in [-0.05, 0) is 30.2 Å². The minimum Gasteiger partial charge on any atom is -0.388 e. The average Bonchev–Trinajstić information content (AvgIpc) is 2.15. The van der Waals surface area contributed by atoms with Gasteiger partial charge >= 0.3 is 0 Å². The number of aliphatic hydroxyl groups is 1. The summed E-state index contributed by atoms with van der Waals surface area (Å²) in [6, 6.07) is 7.66. The fraction of sp³-hybridized carbons (Fsp3) is 0.400. The van der Waals surface area contributed by atoms with Crippen LogP contribution in [0.3, 0.4) is 0 Å². The van der Waals surface area contributed by atoms with E-state index in [1.54, 1.807) is 0 Å². The number of nitrogens with two attached hydrogens (primary N) is 1. The summed E-state index contributed by atoms with van der Waals surface area (Å²) in [4.78, 5) is 0. The van der Waals surface area contributed by atoms with Crippen LogP contribution in [0.25, 0.3) is 0 Å². The predicted octanol–water partition coefficient (Wildman–Crippen LogP) is 2.08. The molecular weight excluding hydrogens is 230 g/mol. The molecule has 0 saturated heterocycles. The van der Waals surface area contributed by atoms with Gasteiger partial charge in [-0.15, -0.1) is 0 Å². The highest BCUT2D eigenvalue weighted by Gasteiger charge is 2.14. The molecule has 0 aliphatic carbocycles. The molecule has 0 aliphatic heterocycles. The molecule has 0 aromatic heterocycles. The van der Waals surface area contributed by atoms with E-state index in [2.05, 4.69) is 15.9 Å². The number of aliphatic hydroxyl groups excluding tert-OH is 1. The maximum absolute atomic E-state index is 9.81. The van der Waals surface area contributed by atoms with E-state index in [1.807, 2.05) is 31.2 Å². The van der Waals surface area contributed by atoms with Gasteiger partial charge in [-0.25, -0.2) is 0 Å². The van der Waals surface area contributed by atoms with E-state index >= 15 is 0 Å². The van der Waals surface area contributed by atoms with Gasteiger partial charge in [0.1, 0.15) is 0 Å². The van der Waals surface area contributed by atoms with Crippen molar-refractivity contribution in [3.63, 3.8) is 0 Å². The molecule has 1 rings (SSSR count). The highest BCUT2D eigenvalue weighted by molar-refractivity contribution is 9.10. The van der Waals surface area contributed by atoms with Crippen molar-refractivity contribution in [1.82, 2.24) is 0 Å². The van der Waals surface area contributed by atoms with E-state index in [4.69, 9.17) is 5.73 Å². The van der Waals surface area contributed by atoms with Gasteiger partial charge in [0.2, 0.25) is 0 Å². The first-order valence-corrected chi connectivity index (χ1v) is 5.08. The molecule has 2 nitrogen and oxygen atoms in total. The lowest BCUT2D eigenvalue weighted by atomic mass is 9.98. The first kappa shape index (κ1) is 10.7. The molecule has 13 heavy (non-hydrogen) atoms. The van der Waals surface area contributed by atoms with Gasteiger partial charge < -0.3 is 10.8 Å². The van der Waals surface area contributed by atoms with Crippen molar-refractivity contribution >= 4 is 15.9 Å². The third kappa shape index (κ3) is 2.79. The van der Waals surface area contributed by atoms with E-state index in [0.717, 1.165) is 10.0 Å². The van der Waals surface area contributed by atoms with Gasteiger partial charge in [0.15, 0.2) is 0 Å². The maximum Gasteiger partial charge on any atom is 0.0827 e. The number of hydrogen-bond acceptors (Lipinski definition) is 2. The van der Waals surface area contributed by atoms with Crippen LogP contribution in [0.1, 0.15) is 18.6 Å². The van der Waals surface area contributed by atoms with Crippen LogP contribution in [0.5, 0.6) is 0 Å². The van der Waals surface area contributed by atoms with Crippen LogP contribution >= 0.6 is 15.9 Å². The minimum atomic E-state index is -0.470. The summed E-state index contributed by atoms with van der Waals surface area (Å²) in [6.45, 7) is 2.43. The Bertz CT molecular complexity index is 277. The lowest BCUT2D eigenvalue weighted by Gasteiger charge is -2.17. The molecule has 1 aromatic rings. The highest BCUT2D eigenvalue weighted by atomic mass is 79.9. The van der Waals surface area contributed by atoms with Crippen molar-refractivity contribution in [3.05, 3.63) is 34.3 Å². The van der Waals surface area contributed by atoms with E-state index in [9.17, 15) is 5.11 Å². The summed E-state index contributed by atoms with van der Waals surface area (Å²) in [5.41, 5.74) is 6.39. The molecular formula is C10H14BrNO. The van der Waals surface area contributed by atoms with Crippen LogP contribution in [0.15, 0.2) is 28.7 Å². The molecule has 3 heteroatoms. The van der Waals surface area contributed by atoms with Gasteiger partial charge in [0.05, 0.1) is 6.10 Å². The average molecular weight is 244 g/mol.